The van der Waals surface area contributed by atoms with Crippen molar-refractivity contribution in [1.29, 1.82) is 0 Å². The molecule has 3 rings (SSSR count). The third-order valence-corrected chi connectivity index (χ3v) is 7.07. The van der Waals surface area contributed by atoms with Crippen LogP contribution in [0, 0.1) is 6.92 Å². The van der Waals surface area contributed by atoms with E-state index in [0.717, 1.165) is 15.3 Å². The van der Waals surface area contributed by atoms with Gasteiger partial charge in [0.25, 0.3) is 0 Å². The molecular formula is C14H18N2O2S3. The van der Waals surface area contributed by atoms with Crippen LogP contribution in [-0.4, -0.2) is 14.5 Å². The van der Waals surface area contributed by atoms with Gasteiger partial charge in [-0.2, -0.15) is 0 Å². The summed E-state index contributed by atoms with van der Waals surface area (Å²) in [5.41, 5.74) is 1.13. The van der Waals surface area contributed by atoms with Crippen molar-refractivity contribution in [3.63, 3.8) is 0 Å². The first-order valence-electron chi connectivity index (χ1n) is 6.88. The molecule has 21 heavy (non-hydrogen) atoms. The zero-order chi connectivity index (χ0) is 14.9. The van der Waals surface area contributed by atoms with E-state index in [9.17, 15) is 8.42 Å². The SMILES string of the molecule is Cc1ccsc1CNS(=O)(=O)c1ccsc1CNC1CC1. The number of rotatable bonds is 7. The van der Waals surface area contributed by atoms with Gasteiger partial charge in [-0.1, -0.05) is 0 Å². The molecule has 2 aromatic rings. The first kappa shape index (κ1) is 15.2. The molecule has 0 aromatic carbocycles. The van der Waals surface area contributed by atoms with Crippen LogP contribution in [0.15, 0.2) is 27.8 Å². The van der Waals surface area contributed by atoms with E-state index in [1.165, 1.54) is 24.2 Å². The van der Waals surface area contributed by atoms with Gasteiger partial charge in [0.05, 0.1) is 4.90 Å². The lowest BCUT2D eigenvalue weighted by Crippen LogP contribution is -2.24. The first-order chi connectivity index (χ1) is 10.1. The van der Waals surface area contributed by atoms with Gasteiger partial charge in [0.15, 0.2) is 0 Å². The zero-order valence-electron chi connectivity index (χ0n) is 11.8. The summed E-state index contributed by atoms with van der Waals surface area (Å²) in [6, 6.07) is 4.27. The summed E-state index contributed by atoms with van der Waals surface area (Å²) < 4.78 is 27.6. The van der Waals surface area contributed by atoms with Crippen LogP contribution in [0.5, 0.6) is 0 Å². The summed E-state index contributed by atoms with van der Waals surface area (Å²) in [4.78, 5) is 2.36. The van der Waals surface area contributed by atoms with E-state index in [-0.39, 0.29) is 0 Å². The molecule has 4 nitrogen and oxygen atoms in total. The topological polar surface area (TPSA) is 58.2 Å². The molecule has 1 saturated carbocycles. The fourth-order valence-corrected chi connectivity index (χ4v) is 5.37. The molecule has 2 N–H and O–H groups in total. The minimum Gasteiger partial charge on any atom is -0.309 e. The Labute approximate surface area is 133 Å². The lowest BCUT2D eigenvalue weighted by Gasteiger charge is -2.08. The molecule has 0 aliphatic heterocycles. The van der Waals surface area contributed by atoms with E-state index in [1.807, 2.05) is 23.8 Å². The molecular weight excluding hydrogens is 324 g/mol. The van der Waals surface area contributed by atoms with Crippen molar-refractivity contribution in [2.75, 3.05) is 0 Å². The first-order valence-corrected chi connectivity index (χ1v) is 10.1. The number of hydrogen-bond acceptors (Lipinski definition) is 5. The van der Waals surface area contributed by atoms with Gasteiger partial charge < -0.3 is 5.32 Å². The van der Waals surface area contributed by atoms with Crippen molar-refractivity contribution >= 4 is 32.7 Å². The number of nitrogens with one attached hydrogen (secondary N) is 2. The average molecular weight is 343 g/mol. The Kier molecular flexibility index (Phi) is 4.46. The van der Waals surface area contributed by atoms with Crippen LogP contribution >= 0.6 is 22.7 Å². The molecule has 0 saturated heterocycles. The molecule has 0 amide bonds. The largest absolute Gasteiger partial charge is 0.309 e. The molecule has 0 spiro atoms. The molecule has 1 aliphatic carbocycles. The maximum absolute atomic E-state index is 12.5. The fourth-order valence-electron chi connectivity index (χ4n) is 2.05. The van der Waals surface area contributed by atoms with Gasteiger partial charge in [-0.25, -0.2) is 13.1 Å². The van der Waals surface area contributed by atoms with E-state index in [0.29, 0.717) is 24.0 Å². The van der Waals surface area contributed by atoms with Gasteiger partial charge in [0.1, 0.15) is 0 Å². The average Bonchev–Trinajstić information content (AvgIpc) is 2.98. The normalized spacial score (nSPS) is 15.5. The molecule has 7 heteroatoms. The van der Waals surface area contributed by atoms with Gasteiger partial charge in [-0.05, 0) is 48.2 Å². The van der Waals surface area contributed by atoms with Crippen molar-refractivity contribution in [2.45, 2.75) is 43.8 Å². The second-order valence-corrected chi connectivity index (χ2v) is 8.95. The van der Waals surface area contributed by atoms with E-state index in [4.69, 9.17) is 0 Å². The van der Waals surface area contributed by atoms with Crippen LogP contribution in [0.3, 0.4) is 0 Å². The highest BCUT2D eigenvalue weighted by atomic mass is 32.2. The Morgan fingerprint density at radius 3 is 2.52 bits per heavy atom. The van der Waals surface area contributed by atoms with Crippen molar-refractivity contribution in [3.05, 3.63) is 38.2 Å². The van der Waals surface area contributed by atoms with Crippen molar-refractivity contribution in [1.82, 2.24) is 10.0 Å². The van der Waals surface area contributed by atoms with Crippen molar-refractivity contribution in [2.24, 2.45) is 0 Å². The highest BCUT2D eigenvalue weighted by molar-refractivity contribution is 7.89. The smallest absolute Gasteiger partial charge is 0.242 e. The molecule has 114 valence electrons. The molecule has 0 radical (unpaired) electrons. The Balaban J connectivity index is 1.69. The van der Waals surface area contributed by atoms with Gasteiger partial charge >= 0.3 is 0 Å². The fraction of sp³-hybridized carbons (Fsp3) is 0.429. The lowest BCUT2D eigenvalue weighted by atomic mass is 10.3. The number of sulfonamides is 1. The standard InChI is InChI=1S/C14H18N2O2S3/c1-10-4-6-19-12(10)9-16-21(17,18)14-5-7-20-13(14)8-15-11-2-3-11/h4-7,11,15-16H,2-3,8-9H2,1H3. The Morgan fingerprint density at radius 2 is 1.86 bits per heavy atom. The number of thiophene rings is 2. The number of aryl methyl sites for hydroxylation is 1. The van der Waals surface area contributed by atoms with Gasteiger partial charge in [-0.3, -0.25) is 0 Å². The van der Waals surface area contributed by atoms with E-state index in [2.05, 4.69) is 10.0 Å². The molecule has 0 atom stereocenters. The summed E-state index contributed by atoms with van der Waals surface area (Å²) in [5.74, 6) is 0. The highest BCUT2D eigenvalue weighted by Crippen LogP contribution is 2.25. The molecule has 1 aliphatic rings. The van der Waals surface area contributed by atoms with Crippen molar-refractivity contribution < 1.29 is 8.42 Å². The summed E-state index contributed by atoms with van der Waals surface area (Å²) in [6.45, 7) is 2.99. The third kappa shape index (κ3) is 3.73. The maximum atomic E-state index is 12.5. The molecule has 1 fully saturated rings. The summed E-state index contributed by atoms with van der Waals surface area (Å²) in [5, 5.41) is 7.19. The quantitative estimate of drug-likeness (QED) is 0.813. The van der Waals surface area contributed by atoms with Crippen LogP contribution in [-0.2, 0) is 23.1 Å². The molecule has 0 unspecified atom stereocenters. The molecule has 2 heterocycles. The Hall–Kier alpha value is -0.730. The maximum Gasteiger partial charge on any atom is 0.242 e. The van der Waals surface area contributed by atoms with E-state index >= 15 is 0 Å². The summed E-state index contributed by atoms with van der Waals surface area (Å²) >= 11 is 3.07. The number of hydrogen-bond donors (Lipinski definition) is 2. The van der Waals surface area contributed by atoms with Crippen molar-refractivity contribution in [3.8, 4) is 0 Å². The lowest BCUT2D eigenvalue weighted by molar-refractivity contribution is 0.579. The van der Waals surface area contributed by atoms with E-state index < -0.39 is 10.0 Å². The predicted octanol–water partition coefficient (Wildman–Crippen LogP) is 2.85. The Morgan fingerprint density at radius 1 is 1.14 bits per heavy atom. The predicted molar refractivity (Wildman–Crippen MR) is 87.3 cm³/mol. The van der Waals surface area contributed by atoms with Crippen LogP contribution in [0.25, 0.3) is 0 Å². The van der Waals surface area contributed by atoms with E-state index in [1.54, 1.807) is 17.4 Å². The van der Waals surface area contributed by atoms with Crippen LogP contribution in [0.2, 0.25) is 0 Å². The van der Waals surface area contributed by atoms with Crippen LogP contribution in [0.4, 0.5) is 0 Å². The molecule has 0 bridgehead atoms. The minimum atomic E-state index is -3.44. The highest BCUT2D eigenvalue weighted by Gasteiger charge is 2.23. The minimum absolute atomic E-state index is 0.358. The zero-order valence-corrected chi connectivity index (χ0v) is 14.2. The second-order valence-electron chi connectivity index (χ2n) is 5.21. The Bertz CT molecular complexity index is 714. The van der Waals surface area contributed by atoms with Crippen LogP contribution in [0.1, 0.15) is 28.2 Å². The third-order valence-electron chi connectivity index (χ3n) is 3.51. The second kappa shape index (κ2) is 6.18. The van der Waals surface area contributed by atoms with Crippen LogP contribution < -0.4 is 10.0 Å². The summed E-state index contributed by atoms with van der Waals surface area (Å²) in [7, 11) is -3.44. The van der Waals surface area contributed by atoms with Gasteiger partial charge in [0, 0.05) is 28.9 Å². The summed E-state index contributed by atoms with van der Waals surface area (Å²) in [6.07, 6.45) is 2.40. The molecule has 2 aromatic heterocycles. The van der Waals surface area contributed by atoms with Gasteiger partial charge in [-0.15, -0.1) is 22.7 Å². The van der Waals surface area contributed by atoms with Gasteiger partial charge in [0.2, 0.25) is 10.0 Å². The monoisotopic (exact) mass is 342 g/mol.